The zero-order valence-electron chi connectivity index (χ0n) is 21.1. The van der Waals surface area contributed by atoms with Crippen LogP contribution in [0.2, 0.25) is 0 Å². The van der Waals surface area contributed by atoms with Crippen molar-refractivity contribution in [2.75, 3.05) is 19.6 Å². The number of fused-ring (bicyclic) bond motifs is 4. The van der Waals surface area contributed by atoms with Crippen LogP contribution in [0.25, 0.3) is 10.9 Å². The third-order valence-electron chi connectivity index (χ3n) is 8.45. The maximum absolute atomic E-state index is 13.5. The van der Waals surface area contributed by atoms with E-state index in [1.807, 2.05) is 74.5 Å². The van der Waals surface area contributed by atoms with Gasteiger partial charge in [-0.3, -0.25) is 9.78 Å². The molecule has 4 heterocycles. The van der Waals surface area contributed by atoms with E-state index < -0.39 is 11.6 Å². The molecule has 0 saturated carbocycles. The number of nitrogens with zero attached hydrogens (tertiary/aromatic N) is 2. The Morgan fingerprint density at radius 1 is 1.19 bits per heavy atom. The van der Waals surface area contributed by atoms with Gasteiger partial charge in [-0.15, -0.1) is 6.58 Å². The van der Waals surface area contributed by atoms with Gasteiger partial charge >= 0.3 is 0 Å². The van der Waals surface area contributed by atoms with Gasteiger partial charge < -0.3 is 31.9 Å². The molecule has 0 spiro atoms. The van der Waals surface area contributed by atoms with E-state index in [-0.39, 0.29) is 28.9 Å². The number of aliphatic hydroxyl groups is 1. The summed E-state index contributed by atoms with van der Waals surface area (Å²) in [5.74, 6) is 0.902. The Hall–Kier alpha value is -2.54. The zero-order valence-corrected chi connectivity index (χ0v) is 22.7. The van der Waals surface area contributed by atoms with E-state index >= 15 is 0 Å². The van der Waals surface area contributed by atoms with Crippen LogP contribution in [0.5, 0.6) is 0 Å². The Balaban J connectivity index is 0.00000304. The first kappa shape index (κ1) is 26.5. The van der Waals surface area contributed by atoms with Crippen molar-refractivity contribution in [3.63, 3.8) is 0 Å². The fourth-order valence-corrected chi connectivity index (χ4v) is 6.57. The van der Waals surface area contributed by atoms with E-state index in [1.54, 1.807) is 6.20 Å². The quantitative estimate of drug-likeness (QED) is 0.348. The molecule has 2 aromatic carbocycles. The lowest BCUT2D eigenvalue weighted by Gasteiger charge is -2.57. The highest BCUT2D eigenvalue weighted by Crippen LogP contribution is 2.47. The molecule has 1 aromatic heterocycles. The molecule has 3 saturated heterocycles. The second kappa shape index (κ2) is 10.4. The average molecular weight is 551 g/mol. The van der Waals surface area contributed by atoms with E-state index in [1.165, 1.54) is 0 Å². The summed E-state index contributed by atoms with van der Waals surface area (Å²) >= 11 is 0. The third kappa shape index (κ3) is 4.86. The summed E-state index contributed by atoms with van der Waals surface area (Å²) < 4.78 is 0.599. The van der Waals surface area contributed by atoms with E-state index in [0.29, 0.717) is 22.9 Å². The van der Waals surface area contributed by atoms with Crippen LogP contribution >= 0.6 is 0 Å². The number of halogens is 1. The van der Waals surface area contributed by atoms with E-state index in [0.717, 1.165) is 48.0 Å². The first-order valence-corrected chi connectivity index (χ1v) is 12.7. The molecule has 3 fully saturated rings. The van der Waals surface area contributed by atoms with Gasteiger partial charge in [-0.2, -0.15) is 0 Å². The number of rotatable bonds is 7. The predicted molar refractivity (Wildman–Crippen MR) is 139 cm³/mol. The molecular formula is C30H36BrN3O2. The number of hydrogen-bond donors (Lipinski definition) is 2. The Kier molecular flexibility index (Phi) is 7.69. The molecular weight excluding hydrogens is 514 g/mol. The van der Waals surface area contributed by atoms with Gasteiger partial charge in [0.2, 0.25) is 0 Å². The number of pyridine rings is 1. The minimum atomic E-state index is -0.661. The molecule has 5 nitrogen and oxygen atoms in total. The summed E-state index contributed by atoms with van der Waals surface area (Å²) in [5, 5.41) is 16.1. The number of quaternary nitrogens is 1. The SMILES string of the molecule is C=CC1C[N@+]2(CC(=O)NC(C)(C)c3ccccc3)CCC1CC2C(O)c1ccnc2ccccc12.[Br-]. The van der Waals surface area contributed by atoms with Crippen molar-refractivity contribution >= 4 is 16.8 Å². The summed E-state index contributed by atoms with van der Waals surface area (Å²) in [4.78, 5) is 18.0. The fraction of sp³-hybridized carbons (Fsp3) is 0.400. The van der Waals surface area contributed by atoms with Gasteiger partial charge in [0.05, 0.1) is 24.1 Å². The van der Waals surface area contributed by atoms with Gasteiger partial charge in [0.15, 0.2) is 6.54 Å². The summed E-state index contributed by atoms with van der Waals surface area (Å²) in [6, 6.07) is 20.0. The maximum Gasteiger partial charge on any atom is 0.275 e. The molecule has 5 atom stereocenters. The van der Waals surface area contributed by atoms with Gasteiger partial charge in [-0.05, 0) is 43.0 Å². The van der Waals surface area contributed by atoms with Crippen molar-refractivity contribution in [1.29, 1.82) is 0 Å². The molecule has 3 aliphatic rings. The van der Waals surface area contributed by atoms with Gasteiger partial charge in [-0.25, -0.2) is 0 Å². The number of carbonyl (C=O) groups excluding carboxylic acids is 1. The van der Waals surface area contributed by atoms with Crippen molar-refractivity contribution in [2.24, 2.45) is 11.8 Å². The minimum Gasteiger partial charge on any atom is -1.00 e. The van der Waals surface area contributed by atoms with Crippen LogP contribution in [0.4, 0.5) is 0 Å². The highest BCUT2D eigenvalue weighted by atomic mass is 79.9. The molecule has 3 aromatic rings. The van der Waals surface area contributed by atoms with Gasteiger partial charge in [-0.1, -0.05) is 54.6 Å². The standard InChI is InChI=1S/C30H35N3O2.BrH/c1-4-21-19-33(20-28(34)32-30(2,3)23-10-6-5-7-11-23)17-15-22(21)18-27(33)29(35)25-14-16-31-26-13-9-8-12-24(25)26;/h4-14,16,21-22,27,29,35H,1,15,17-20H2,2-3H3;1H/t21?,22?,27?,29?,33-;/m0./s1. The number of aliphatic hydroxyl groups excluding tert-OH is 1. The van der Waals surface area contributed by atoms with E-state index in [9.17, 15) is 9.90 Å². The Bertz CT molecular complexity index is 1230. The topological polar surface area (TPSA) is 62.2 Å². The monoisotopic (exact) mass is 549 g/mol. The first-order valence-electron chi connectivity index (χ1n) is 12.7. The lowest BCUT2D eigenvalue weighted by molar-refractivity contribution is -0.966. The van der Waals surface area contributed by atoms with Crippen LogP contribution < -0.4 is 22.3 Å². The Morgan fingerprint density at radius 3 is 2.67 bits per heavy atom. The van der Waals surface area contributed by atoms with Gasteiger partial charge in [0.1, 0.15) is 12.1 Å². The molecule has 0 aliphatic carbocycles. The Labute approximate surface area is 224 Å². The molecule has 4 unspecified atom stereocenters. The predicted octanol–water partition coefficient (Wildman–Crippen LogP) is 1.73. The van der Waals surface area contributed by atoms with E-state index in [2.05, 4.69) is 23.0 Å². The number of benzene rings is 2. The number of hydrogen-bond acceptors (Lipinski definition) is 3. The highest BCUT2D eigenvalue weighted by Gasteiger charge is 2.55. The minimum absolute atomic E-state index is 0. The number of carbonyl (C=O) groups is 1. The van der Waals surface area contributed by atoms with Crippen molar-refractivity contribution in [3.8, 4) is 0 Å². The summed E-state index contributed by atoms with van der Waals surface area (Å²) in [6.07, 6.45) is 5.14. The second-order valence-corrected chi connectivity index (χ2v) is 10.9. The first-order chi connectivity index (χ1) is 16.8. The number of amides is 1. The fourth-order valence-electron chi connectivity index (χ4n) is 6.57. The van der Waals surface area contributed by atoms with Crippen molar-refractivity contribution in [3.05, 3.63) is 90.6 Å². The van der Waals surface area contributed by atoms with Crippen molar-refractivity contribution in [1.82, 2.24) is 10.3 Å². The number of aromatic nitrogens is 1. The number of piperidine rings is 3. The molecule has 6 heteroatoms. The van der Waals surface area contributed by atoms with Gasteiger partial charge in [0, 0.05) is 30.3 Å². The summed E-state index contributed by atoms with van der Waals surface area (Å²) in [7, 11) is 0. The molecule has 1 amide bonds. The van der Waals surface area contributed by atoms with Crippen LogP contribution in [-0.4, -0.2) is 46.2 Å². The maximum atomic E-state index is 13.5. The van der Waals surface area contributed by atoms with E-state index in [4.69, 9.17) is 0 Å². The number of nitrogens with one attached hydrogen (secondary N) is 1. The van der Waals surface area contributed by atoms with Gasteiger partial charge in [0.25, 0.3) is 5.91 Å². The average Bonchev–Trinajstić information content (AvgIpc) is 2.88. The van der Waals surface area contributed by atoms with Crippen LogP contribution in [0.15, 0.2) is 79.5 Å². The molecule has 3 aliphatic heterocycles. The highest BCUT2D eigenvalue weighted by molar-refractivity contribution is 5.82. The zero-order chi connectivity index (χ0) is 24.6. The molecule has 2 bridgehead atoms. The summed E-state index contributed by atoms with van der Waals surface area (Å²) in [5.41, 5.74) is 2.40. The molecule has 2 N–H and O–H groups in total. The lowest BCUT2D eigenvalue weighted by atomic mass is 9.71. The third-order valence-corrected chi connectivity index (χ3v) is 8.45. The van der Waals surface area contributed by atoms with Crippen molar-refractivity contribution < 1.29 is 31.4 Å². The summed E-state index contributed by atoms with van der Waals surface area (Å²) in [6.45, 7) is 10.3. The van der Waals surface area contributed by atoms with Crippen LogP contribution in [-0.2, 0) is 10.3 Å². The lowest BCUT2D eigenvalue weighted by Crippen LogP contribution is -3.00. The molecule has 6 rings (SSSR count). The van der Waals surface area contributed by atoms with Crippen molar-refractivity contribution in [2.45, 2.75) is 44.4 Å². The normalized spacial score (nSPS) is 26.1. The van der Waals surface area contributed by atoms with Crippen LogP contribution in [0, 0.1) is 11.8 Å². The number of para-hydroxylation sites is 1. The Morgan fingerprint density at radius 2 is 1.92 bits per heavy atom. The van der Waals surface area contributed by atoms with Crippen LogP contribution in [0.1, 0.15) is 43.9 Å². The van der Waals surface area contributed by atoms with Crippen LogP contribution in [0.3, 0.4) is 0 Å². The second-order valence-electron chi connectivity index (χ2n) is 10.9. The smallest absolute Gasteiger partial charge is 0.275 e. The molecule has 36 heavy (non-hydrogen) atoms. The largest absolute Gasteiger partial charge is 1.00 e. The molecule has 190 valence electrons. The molecule has 0 radical (unpaired) electrons.